The number of carbonyl (C=O) groups is 6. The summed E-state index contributed by atoms with van der Waals surface area (Å²) in [5.74, 6) is -8.29. The summed E-state index contributed by atoms with van der Waals surface area (Å²) in [5.41, 5.74) is 1.24. The summed E-state index contributed by atoms with van der Waals surface area (Å²) >= 11 is 0. The van der Waals surface area contributed by atoms with E-state index in [9.17, 15) is 39.0 Å². The predicted molar refractivity (Wildman–Crippen MR) is 261 cm³/mol. The van der Waals surface area contributed by atoms with Crippen LogP contribution in [0.25, 0.3) is 0 Å². The number of fused-ring (bicyclic) bond motifs is 3. The number of ether oxygens (including phenoxy) is 7. The van der Waals surface area contributed by atoms with Crippen LogP contribution in [-0.4, -0.2) is 140 Å². The quantitative estimate of drug-likeness (QED) is 0.138. The molecule has 4 rings (SSSR count). The zero-order valence-corrected chi connectivity index (χ0v) is 43.6. The highest BCUT2D eigenvalue weighted by Crippen LogP contribution is 2.38. The number of methoxy groups -OCH3 is 3. The fraction of sp³-hybridized carbons (Fsp3) is 0.741. The minimum atomic E-state index is -2.45. The number of rotatable bonds is 8. The largest absolute Gasteiger partial charge is 0.508 e. The molecule has 0 aromatic rings. The summed E-state index contributed by atoms with van der Waals surface area (Å²) < 4.78 is 40.2. The highest BCUT2D eigenvalue weighted by Gasteiger charge is 2.53. The Morgan fingerprint density at radius 2 is 1.60 bits per heavy atom. The van der Waals surface area contributed by atoms with Crippen molar-refractivity contribution in [3.63, 3.8) is 0 Å². The molecule has 2 saturated heterocycles. The number of Topliss-reactive ketones (excluding diaryl/α,β-unsaturated/α-hetero) is 3. The molecule has 2 bridgehead atoms. The third-order valence-corrected chi connectivity index (χ3v) is 15.0. The van der Waals surface area contributed by atoms with Crippen molar-refractivity contribution in [3.8, 4) is 0 Å². The minimum absolute atomic E-state index is 0.00604. The van der Waals surface area contributed by atoms with E-state index in [4.69, 9.17) is 33.2 Å². The molecular weight excluding hydrogens is 903 g/mol. The van der Waals surface area contributed by atoms with Crippen LogP contribution in [0.4, 0.5) is 4.79 Å². The monoisotopic (exact) mass is 986 g/mol. The topological polar surface area (TPSA) is 211 Å². The number of piperidine rings is 1. The Balaban J connectivity index is 1.69. The van der Waals surface area contributed by atoms with Gasteiger partial charge in [-0.05, 0) is 114 Å². The van der Waals surface area contributed by atoms with Crippen LogP contribution in [0.15, 0.2) is 47.6 Å². The highest BCUT2D eigenvalue weighted by molar-refractivity contribution is 6.39. The van der Waals surface area contributed by atoms with Gasteiger partial charge in [-0.15, -0.1) is 0 Å². The number of aliphatic hydroxyl groups is 2. The van der Waals surface area contributed by atoms with Gasteiger partial charge in [0.25, 0.3) is 11.7 Å². The molecule has 2 N–H and O–H groups in total. The van der Waals surface area contributed by atoms with E-state index in [0.717, 1.165) is 5.57 Å². The van der Waals surface area contributed by atoms with Gasteiger partial charge >= 0.3 is 12.1 Å². The summed E-state index contributed by atoms with van der Waals surface area (Å²) in [5, 5.41) is 23.5. The third kappa shape index (κ3) is 15.7. The van der Waals surface area contributed by atoms with Crippen LogP contribution in [-0.2, 0) is 57.1 Å². The fourth-order valence-electron chi connectivity index (χ4n) is 10.5. The first-order valence-corrected chi connectivity index (χ1v) is 25.5. The number of carbonyl (C=O) groups excluding carboxylic acids is 6. The molecule has 1 saturated carbocycles. The molecule has 1 amide bonds. The Bertz CT molecular complexity index is 1910. The first-order chi connectivity index (χ1) is 33.2. The van der Waals surface area contributed by atoms with Crippen molar-refractivity contribution in [2.45, 2.75) is 187 Å². The lowest BCUT2D eigenvalue weighted by Gasteiger charge is -2.42. The van der Waals surface area contributed by atoms with Crippen LogP contribution in [0, 0.1) is 35.5 Å². The summed E-state index contributed by atoms with van der Waals surface area (Å²) in [6.45, 7) is 14.5. The summed E-state index contributed by atoms with van der Waals surface area (Å²) in [7, 11) is 4.49. The molecule has 0 aromatic heterocycles. The van der Waals surface area contributed by atoms with Gasteiger partial charge in [-0.25, -0.2) is 9.59 Å². The molecule has 16 heteroatoms. The Kier molecular flexibility index (Phi) is 23.1. The van der Waals surface area contributed by atoms with Crippen LogP contribution in [0.2, 0.25) is 0 Å². The van der Waals surface area contributed by atoms with Gasteiger partial charge in [0.05, 0.1) is 24.9 Å². The minimum Gasteiger partial charge on any atom is -0.460 e. The molecule has 70 heavy (non-hydrogen) atoms. The summed E-state index contributed by atoms with van der Waals surface area (Å²) in [6.07, 6.45) is 9.88. The lowest BCUT2D eigenvalue weighted by Crippen LogP contribution is -2.61. The van der Waals surface area contributed by atoms with Crippen molar-refractivity contribution in [1.29, 1.82) is 0 Å². The van der Waals surface area contributed by atoms with Crippen molar-refractivity contribution in [2.24, 2.45) is 35.5 Å². The third-order valence-electron chi connectivity index (χ3n) is 15.0. The smallest absolute Gasteiger partial charge is 0.460 e. The molecule has 3 heterocycles. The molecule has 16 nitrogen and oxygen atoms in total. The lowest BCUT2D eigenvalue weighted by molar-refractivity contribution is -0.265. The maximum atomic E-state index is 14.5. The SMILES string of the molecule is CCOC(=O)O[C@@H]1CC[C@@H](C[C@@H](C)[C@@H]2CC(=O)[C@H](C)/C=C(\C)[C@@H](O)[C@@H](OC)C(=O)[C@H](C)C[C@H](C)/C=C/C=C\C=C(/C)[C@@H](OC)C[C@@H]3CC[C@@H](C)[C@@](O)(O3)C(=O)C(=O)N3CCCC[C@H]3C(=O)O2)C[C@H]1OC. The molecule has 394 valence electrons. The Labute approximate surface area is 415 Å². The van der Waals surface area contributed by atoms with Crippen molar-refractivity contribution >= 4 is 35.4 Å². The van der Waals surface area contributed by atoms with Gasteiger partial charge in [0, 0.05) is 58.5 Å². The molecule has 3 fully saturated rings. The van der Waals surface area contributed by atoms with Crippen LogP contribution in [0.5, 0.6) is 0 Å². The van der Waals surface area contributed by atoms with Gasteiger partial charge in [-0.1, -0.05) is 71.1 Å². The average molecular weight is 986 g/mol. The van der Waals surface area contributed by atoms with E-state index in [0.29, 0.717) is 69.8 Å². The molecule has 3 aliphatic heterocycles. The number of aliphatic hydroxyl groups excluding tert-OH is 1. The first kappa shape index (κ1) is 58.5. The number of hydrogen-bond acceptors (Lipinski definition) is 15. The van der Waals surface area contributed by atoms with Gasteiger partial charge < -0.3 is 48.3 Å². The van der Waals surface area contributed by atoms with Crippen molar-refractivity contribution in [2.75, 3.05) is 34.5 Å². The van der Waals surface area contributed by atoms with Crippen molar-refractivity contribution in [3.05, 3.63) is 47.6 Å². The van der Waals surface area contributed by atoms with E-state index < -0.39 is 102 Å². The molecule has 0 aromatic carbocycles. The molecule has 15 atom stereocenters. The van der Waals surface area contributed by atoms with Crippen molar-refractivity contribution < 1.29 is 72.1 Å². The van der Waals surface area contributed by atoms with Gasteiger partial charge in [0.15, 0.2) is 5.78 Å². The number of esters is 1. The number of hydrogen-bond donors (Lipinski definition) is 2. The van der Waals surface area contributed by atoms with E-state index in [1.165, 1.54) is 12.0 Å². The van der Waals surface area contributed by atoms with Gasteiger partial charge in [0.2, 0.25) is 5.79 Å². The molecule has 0 spiro atoms. The Morgan fingerprint density at radius 1 is 0.871 bits per heavy atom. The van der Waals surface area contributed by atoms with Crippen LogP contribution in [0.1, 0.15) is 132 Å². The van der Waals surface area contributed by atoms with E-state index >= 15 is 0 Å². The fourth-order valence-corrected chi connectivity index (χ4v) is 10.5. The van der Waals surface area contributed by atoms with E-state index in [1.807, 2.05) is 51.2 Å². The van der Waals surface area contributed by atoms with Crippen LogP contribution >= 0.6 is 0 Å². The highest BCUT2D eigenvalue weighted by atomic mass is 16.7. The predicted octanol–water partition coefficient (Wildman–Crippen LogP) is 7.36. The second-order valence-corrected chi connectivity index (χ2v) is 20.4. The second kappa shape index (κ2) is 27.7. The number of ketones is 3. The number of allylic oxidation sites excluding steroid dienone is 6. The normalized spacial score (nSPS) is 38.2. The summed E-state index contributed by atoms with van der Waals surface area (Å²) in [6, 6.07) is -1.17. The maximum Gasteiger partial charge on any atom is 0.508 e. The van der Waals surface area contributed by atoms with Crippen LogP contribution < -0.4 is 0 Å². The van der Waals surface area contributed by atoms with Gasteiger partial charge in [-0.3, -0.25) is 19.2 Å². The zero-order chi connectivity index (χ0) is 51.9. The Hall–Kier alpha value is -4.06. The first-order valence-electron chi connectivity index (χ1n) is 25.5. The number of amides is 1. The molecular formula is C54H83NO15. The van der Waals surface area contributed by atoms with E-state index in [2.05, 4.69) is 0 Å². The molecule has 0 radical (unpaired) electrons. The van der Waals surface area contributed by atoms with E-state index in [-0.39, 0.29) is 49.4 Å². The maximum absolute atomic E-state index is 14.5. The van der Waals surface area contributed by atoms with Crippen molar-refractivity contribution in [1.82, 2.24) is 4.90 Å². The van der Waals surface area contributed by atoms with Crippen LogP contribution in [0.3, 0.4) is 0 Å². The van der Waals surface area contributed by atoms with Gasteiger partial charge in [-0.2, -0.15) is 0 Å². The standard InChI is InChI=1S/C54H83NO15/c1-12-67-53(62)69-43-24-22-39(29-46(43)65-10)28-35(5)45-31-42(56)34(4)27-37(7)48(58)49(66-11)47(57)36(6)26-32(2)18-14-13-15-19-33(3)44(64-9)30-40-23-21-38(8)54(63,70-40)50(59)51(60)55-25-17-16-20-41(55)52(61)68-45/h13-15,18-19,27,32,34-36,38-41,43-46,48-49,58,63H,12,16-17,20-26,28-31H2,1-11H3/b15-13-,18-14+,33-19+,37-27+/t32-,34-,35-,36-,38-,39+,40+,41+,43-,44+,45+,46-,48-,49+,54-/m1/s1. The lowest BCUT2D eigenvalue weighted by atomic mass is 9.78. The van der Waals surface area contributed by atoms with Gasteiger partial charge in [0.1, 0.15) is 36.2 Å². The second-order valence-electron chi connectivity index (χ2n) is 20.4. The van der Waals surface area contributed by atoms with E-state index in [1.54, 1.807) is 54.9 Å². The average Bonchev–Trinajstić information content (AvgIpc) is 3.33. The zero-order valence-electron chi connectivity index (χ0n) is 43.6. The number of nitrogens with zero attached hydrogens (tertiary/aromatic N) is 1. The Morgan fingerprint density at radius 3 is 2.27 bits per heavy atom. The molecule has 1 aliphatic carbocycles. The molecule has 4 aliphatic rings. The number of cyclic esters (lactones) is 1. The molecule has 0 unspecified atom stereocenters. The summed E-state index contributed by atoms with van der Waals surface area (Å²) in [4.78, 5) is 84.4.